The van der Waals surface area contributed by atoms with Crippen molar-refractivity contribution in [3.8, 4) is 0 Å². The zero-order valence-corrected chi connectivity index (χ0v) is 14.0. The Morgan fingerprint density at radius 1 is 0.960 bits per heavy atom. The van der Waals surface area contributed by atoms with Crippen molar-refractivity contribution in [2.45, 2.75) is 31.9 Å². The molecule has 2 atom stereocenters. The van der Waals surface area contributed by atoms with Gasteiger partial charge < -0.3 is 14.4 Å². The standard InChI is InChI=1S/C20H22FNO3/c21-18-11-19(24-14-16-7-3-1-4-8-16)13-22(12-18)20(23)25-15-17-9-5-2-6-10-17/h1-10,18-19H,11-15H2/t18-,19+/m0/s1. The molecule has 0 spiro atoms. The third-order valence-corrected chi connectivity index (χ3v) is 4.15. The predicted octanol–water partition coefficient (Wildman–Crippen LogP) is 3.95. The fourth-order valence-corrected chi connectivity index (χ4v) is 2.86. The summed E-state index contributed by atoms with van der Waals surface area (Å²) in [6.45, 7) is 0.994. The maximum absolute atomic E-state index is 14.0. The average Bonchev–Trinajstić information content (AvgIpc) is 2.66. The van der Waals surface area contributed by atoms with Crippen LogP contribution in [0.5, 0.6) is 0 Å². The van der Waals surface area contributed by atoms with Gasteiger partial charge in [0.05, 0.1) is 25.8 Å². The van der Waals surface area contributed by atoms with Crippen molar-refractivity contribution in [2.75, 3.05) is 13.1 Å². The van der Waals surface area contributed by atoms with Crippen LogP contribution < -0.4 is 0 Å². The Hall–Kier alpha value is -2.40. The minimum Gasteiger partial charge on any atom is -0.445 e. The first-order valence-electron chi connectivity index (χ1n) is 8.46. The molecule has 2 aromatic rings. The average molecular weight is 343 g/mol. The van der Waals surface area contributed by atoms with E-state index in [1.807, 2.05) is 60.7 Å². The molecule has 1 aliphatic rings. The molecule has 0 unspecified atom stereocenters. The van der Waals surface area contributed by atoms with Gasteiger partial charge in [-0.25, -0.2) is 9.18 Å². The number of hydrogen-bond acceptors (Lipinski definition) is 3. The number of ether oxygens (including phenoxy) is 2. The highest BCUT2D eigenvalue weighted by Gasteiger charge is 2.31. The van der Waals surface area contributed by atoms with Crippen LogP contribution in [0.1, 0.15) is 17.5 Å². The number of benzene rings is 2. The molecule has 0 radical (unpaired) electrons. The fourth-order valence-electron chi connectivity index (χ4n) is 2.86. The van der Waals surface area contributed by atoms with Crippen molar-refractivity contribution in [2.24, 2.45) is 0 Å². The van der Waals surface area contributed by atoms with Crippen LogP contribution in [0.2, 0.25) is 0 Å². The maximum Gasteiger partial charge on any atom is 0.410 e. The monoisotopic (exact) mass is 343 g/mol. The van der Waals surface area contributed by atoms with Crippen LogP contribution in [0.15, 0.2) is 60.7 Å². The molecule has 25 heavy (non-hydrogen) atoms. The van der Waals surface area contributed by atoms with Crippen molar-refractivity contribution >= 4 is 6.09 Å². The molecule has 1 aliphatic heterocycles. The first-order chi connectivity index (χ1) is 12.2. The van der Waals surface area contributed by atoms with E-state index in [1.54, 1.807) is 0 Å². The van der Waals surface area contributed by atoms with Gasteiger partial charge in [0.2, 0.25) is 0 Å². The zero-order chi connectivity index (χ0) is 17.5. The number of alkyl halides is 1. The lowest BCUT2D eigenvalue weighted by molar-refractivity contribution is -0.0341. The minimum atomic E-state index is -1.10. The van der Waals surface area contributed by atoms with Gasteiger partial charge in [-0.2, -0.15) is 0 Å². The van der Waals surface area contributed by atoms with E-state index in [0.717, 1.165) is 11.1 Å². The summed E-state index contributed by atoms with van der Waals surface area (Å²) in [5.41, 5.74) is 1.93. The summed E-state index contributed by atoms with van der Waals surface area (Å²) in [5, 5.41) is 0. The highest BCUT2D eigenvalue weighted by Crippen LogP contribution is 2.19. The summed E-state index contributed by atoms with van der Waals surface area (Å²) < 4.78 is 25.1. The number of carbonyl (C=O) groups is 1. The van der Waals surface area contributed by atoms with Crippen molar-refractivity contribution in [3.63, 3.8) is 0 Å². The van der Waals surface area contributed by atoms with Crippen LogP contribution in [0.3, 0.4) is 0 Å². The van der Waals surface area contributed by atoms with E-state index in [1.165, 1.54) is 4.90 Å². The molecule has 4 nitrogen and oxygen atoms in total. The molecule has 1 heterocycles. The Morgan fingerprint density at radius 2 is 1.56 bits per heavy atom. The molecule has 5 heteroatoms. The van der Waals surface area contributed by atoms with Crippen molar-refractivity contribution in [1.29, 1.82) is 0 Å². The van der Waals surface area contributed by atoms with Crippen LogP contribution in [0.25, 0.3) is 0 Å². The first-order valence-corrected chi connectivity index (χ1v) is 8.46. The fraction of sp³-hybridized carbons (Fsp3) is 0.350. The van der Waals surface area contributed by atoms with E-state index in [2.05, 4.69) is 0 Å². The van der Waals surface area contributed by atoms with Gasteiger partial charge in [-0.1, -0.05) is 60.7 Å². The van der Waals surface area contributed by atoms with E-state index < -0.39 is 12.3 Å². The number of amides is 1. The maximum atomic E-state index is 14.0. The van der Waals surface area contributed by atoms with Gasteiger partial charge >= 0.3 is 6.09 Å². The number of carbonyl (C=O) groups excluding carboxylic acids is 1. The van der Waals surface area contributed by atoms with Gasteiger partial charge in [-0.15, -0.1) is 0 Å². The van der Waals surface area contributed by atoms with Crippen LogP contribution >= 0.6 is 0 Å². The molecule has 0 aliphatic carbocycles. The number of halogens is 1. The molecule has 132 valence electrons. The minimum absolute atomic E-state index is 0.0544. The van der Waals surface area contributed by atoms with Gasteiger partial charge in [0.25, 0.3) is 0 Å². The second-order valence-corrected chi connectivity index (χ2v) is 6.20. The highest BCUT2D eigenvalue weighted by molar-refractivity contribution is 5.67. The van der Waals surface area contributed by atoms with Crippen LogP contribution in [-0.4, -0.2) is 36.4 Å². The smallest absolute Gasteiger partial charge is 0.410 e. The summed E-state index contributed by atoms with van der Waals surface area (Å²) in [5.74, 6) is 0. The Bertz CT molecular complexity index is 665. The molecule has 0 aromatic heterocycles. The summed E-state index contributed by atoms with van der Waals surface area (Å²) in [7, 11) is 0. The van der Waals surface area contributed by atoms with E-state index in [4.69, 9.17) is 9.47 Å². The lowest BCUT2D eigenvalue weighted by Gasteiger charge is -2.33. The predicted molar refractivity (Wildman–Crippen MR) is 92.7 cm³/mol. The second kappa shape index (κ2) is 8.62. The summed E-state index contributed by atoms with van der Waals surface area (Å²) in [4.78, 5) is 13.6. The molecule has 3 rings (SSSR count). The van der Waals surface area contributed by atoms with Crippen molar-refractivity contribution in [3.05, 3.63) is 71.8 Å². The Kier molecular flexibility index (Phi) is 6.01. The van der Waals surface area contributed by atoms with Gasteiger partial charge in [-0.3, -0.25) is 0 Å². The van der Waals surface area contributed by atoms with E-state index in [-0.39, 0.29) is 19.3 Å². The summed E-state index contributed by atoms with van der Waals surface area (Å²) in [6, 6.07) is 19.2. The Morgan fingerprint density at radius 3 is 2.20 bits per heavy atom. The molecule has 0 N–H and O–H groups in total. The molecule has 0 bridgehead atoms. The molecule has 1 amide bonds. The second-order valence-electron chi connectivity index (χ2n) is 6.20. The molecule has 0 saturated carbocycles. The van der Waals surface area contributed by atoms with Gasteiger partial charge in [-0.05, 0) is 11.1 Å². The third kappa shape index (κ3) is 5.29. The lowest BCUT2D eigenvalue weighted by Crippen LogP contribution is -2.48. The number of hydrogen-bond donors (Lipinski definition) is 0. The highest BCUT2D eigenvalue weighted by atomic mass is 19.1. The quantitative estimate of drug-likeness (QED) is 0.825. The first kappa shape index (κ1) is 17.4. The topological polar surface area (TPSA) is 38.8 Å². The number of nitrogens with zero attached hydrogens (tertiary/aromatic N) is 1. The number of likely N-dealkylation sites (tertiary alicyclic amines) is 1. The Balaban J connectivity index is 1.50. The van der Waals surface area contributed by atoms with Gasteiger partial charge in [0.15, 0.2) is 0 Å². The van der Waals surface area contributed by atoms with Gasteiger partial charge in [0.1, 0.15) is 12.8 Å². The van der Waals surface area contributed by atoms with Crippen LogP contribution in [-0.2, 0) is 22.7 Å². The Labute approximate surface area is 147 Å². The van der Waals surface area contributed by atoms with E-state index in [0.29, 0.717) is 19.6 Å². The molecule has 1 saturated heterocycles. The summed E-state index contributed by atoms with van der Waals surface area (Å²) in [6.07, 6.45) is -1.62. The van der Waals surface area contributed by atoms with E-state index in [9.17, 15) is 9.18 Å². The molecular formula is C20H22FNO3. The van der Waals surface area contributed by atoms with E-state index >= 15 is 0 Å². The number of rotatable bonds is 5. The van der Waals surface area contributed by atoms with Crippen LogP contribution in [0.4, 0.5) is 9.18 Å². The number of piperidine rings is 1. The normalized spacial score (nSPS) is 20.3. The molecular weight excluding hydrogens is 321 g/mol. The van der Waals surface area contributed by atoms with Crippen molar-refractivity contribution in [1.82, 2.24) is 4.90 Å². The van der Waals surface area contributed by atoms with Gasteiger partial charge in [0, 0.05) is 6.42 Å². The zero-order valence-electron chi connectivity index (χ0n) is 14.0. The van der Waals surface area contributed by atoms with Crippen molar-refractivity contribution < 1.29 is 18.7 Å². The lowest BCUT2D eigenvalue weighted by atomic mass is 10.1. The molecule has 1 fully saturated rings. The largest absolute Gasteiger partial charge is 0.445 e. The molecule has 2 aromatic carbocycles. The van der Waals surface area contributed by atoms with Crippen LogP contribution in [0, 0.1) is 0 Å². The summed E-state index contributed by atoms with van der Waals surface area (Å²) >= 11 is 0. The SMILES string of the molecule is O=C(OCc1ccccc1)N1C[C@@H](F)C[C@@H](OCc2ccccc2)C1. The third-order valence-electron chi connectivity index (χ3n) is 4.15.